The fourth-order valence-corrected chi connectivity index (χ4v) is 5.79. The van der Waals surface area contributed by atoms with Crippen molar-refractivity contribution in [1.29, 1.82) is 0 Å². The van der Waals surface area contributed by atoms with Gasteiger partial charge in [-0.2, -0.15) is 0 Å². The monoisotopic (exact) mass is 647 g/mol. The van der Waals surface area contributed by atoms with E-state index in [1.165, 1.54) is 35.6 Å². The van der Waals surface area contributed by atoms with E-state index < -0.39 is 28.0 Å². The molecule has 9 nitrogen and oxygen atoms in total. The first-order chi connectivity index (χ1) is 22.5. The largest absolute Gasteiger partial charge is 0.457 e. The van der Waals surface area contributed by atoms with Crippen molar-refractivity contribution in [2.45, 2.75) is 38.5 Å². The van der Waals surface area contributed by atoms with Gasteiger partial charge in [-0.3, -0.25) is 10.1 Å². The van der Waals surface area contributed by atoms with E-state index >= 15 is 0 Å². The predicted octanol–water partition coefficient (Wildman–Crippen LogP) is 7.92. The summed E-state index contributed by atoms with van der Waals surface area (Å²) in [5.74, 6) is -1.53. The molecule has 5 rings (SSSR count). The Bertz CT molecular complexity index is 1770. The van der Waals surface area contributed by atoms with E-state index in [4.69, 9.17) is 14.5 Å². The van der Waals surface area contributed by atoms with Crippen LogP contribution in [0.1, 0.15) is 48.7 Å². The second-order valence-electron chi connectivity index (χ2n) is 11.6. The second-order valence-corrected chi connectivity index (χ2v) is 12.5. The zero-order chi connectivity index (χ0) is 33.4. The SMILES string of the molecule is CC(C)(C)OC(=O)/C=C(\C(=O)OCc1ccc([N+](=O)[O-])cc1)c1csc(NC(c2ccccc2)(c2ccccc2)c2ccccc2)n1. The fraction of sp³-hybridized carbons (Fsp3) is 0.162. The minimum Gasteiger partial charge on any atom is -0.457 e. The number of carbonyl (C=O) groups excluding carboxylic acids is 2. The van der Waals surface area contributed by atoms with Gasteiger partial charge in [0.15, 0.2) is 5.13 Å². The van der Waals surface area contributed by atoms with Gasteiger partial charge in [0, 0.05) is 23.6 Å². The van der Waals surface area contributed by atoms with Gasteiger partial charge in [0.1, 0.15) is 17.7 Å². The number of non-ortho nitro benzene ring substituents is 1. The summed E-state index contributed by atoms with van der Waals surface area (Å²) in [5, 5.41) is 16.9. The molecule has 0 radical (unpaired) electrons. The molecule has 0 saturated carbocycles. The van der Waals surface area contributed by atoms with Crippen molar-refractivity contribution in [3.63, 3.8) is 0 Å². The first-order valence-electron chi connectivity index (χ1n) is 14.8. The number of benzene rings is 4. The summed E-state index contributed by atoms with van der Waals surface area (Å²) < 4.78 is 11.0. The number of nitrogens with zero attached hydrogens (tertiary/aromatic N) is 2. The maximum absolute atomic E-state index is 13.5. The zero-order valence-electron chi connectivity index (χ0n) is 26.1. The number of aromatic nitrogens is 1. The van der Waals surface area contributed by atoms with Crippen molar-refractivity contribution in [2.75, 3.05) is 5.32 Å². The molecule has 0 aliphatic heterocycles. The van der Waals surface area contributed by atoms with E-state index in [2.05, 4.69) is 5.32 Å². The Labute approximate surface area is 276 Å². The Hall–Kier alpha value is -5.61. The summed E-state index contributed by atoms with van der Waals surface area (Å²) in [7, 11) is 0. The molecule has 0 saturated heterocycles. The first-order valence-corrected chi connectivity index (χ1v) is 15.7. The minimum atomic E-state index is -0.857. The summed E-state index contributed by atoms with van der Waals surface area (Å²) in [5.41, 5.74) is 1.87. The number of hydrogen-bond donors (Lipinski definition) is 1. The molecule has 0 aliphatic carbocycles. The molecule has 0 atom stereocenters. The Morgan fingerprint density at radius 3 is 1.81 bits per heavy atom. The lowest BCUT2D eigenvalue weighted by Crippen LogP contribution is -2.38. The number of nitro groups is 1. The van der Waals surface area contributed by atoms with Crippen molar-refractivity contribution in [3.05, 3.63) is 165 Å². The summed E-state index contributed by atoms with van der Waals surface area (Å²) >= 11 is 1.28. The van der Waals surface area contributed by atoms with E-state index in [1.807, 2.05) is 91.0 Å². The average Bonchev–Trinajstić information content (AvgIpc) is 3.53. The highest BCUT2D eigenvalue weighted by molar-refractivity contribution is 7.13. The predicted molar refractivity (Wildman–Crippen MR) is 182 cm³/mol. The Balaban J connectivity index is 1.52. The molecule has 4 aromatic carbocycles. The maximum Gasteiger partial charge on any atom is 0.340 e. The number of hydrogen-bond acceptors (Lipinski definition) is 9. The van der Waals surface area contributed by atoms with Gasteiger partial charge in [-0.15, -0.1) is 11.3 Å². The Morgan fingerprint density at radius 2 is 1.34 bits per heavy atom. The fourth-order valence-electron chi connectivity index (χ4n) is 5.02. The summed E-state index contributed by atoms with van der Waals surface area (Å²) in [6, 6.07) is 35.7. The third-order valence-electron chi connectivity index (χ3n) is 7.10. The molecule has 0 fully saturated rings. The highest BCUT2D eigenvalue weighted by Crippen LogP contribution is 2.41. The lowest BCUT2D eigenvalue weighted by Gasteiger charge is -2.36. The van der Waals surface area contributed by atoms with Crippen molar-refractivity contribution in [2.24, 2.45) is 0 Å². The van der Waals surface area contributed by atoms with Gasteiger partial charge >= 0.3 is 11.9 Å². The van der Waals surface area contributed by atoms with Gasteiger partial charge in [0.2, 0.25) is 0 Å². The van der Waals surface area contributed by atoms with Crippen LogP contribution in [-0.2, 0) is 31.2 Å². The zero-order valence-corrected chi connectivity index (χ0v) is 26.9. The summed E-state index contributed by atoms with van der Waals surface area (Å²) in [6.45, 7) is 5.02. The van der Waals surface area contributed by atoms with Crippen LogP contribution in [0.3, 0.4) is 0 Å². The normalized spacial score (nSPS) is 11.9. The van der Waals surface area contributed by atoms with E-state index in [0.29, 0.717) is 10.7 Å². The lowest BCUT2D eigenvalue weighted by molar-refractivity contribution is -0.384. The van der Waals surface area contributed by atoms with E-state index in [9.17, 15) is 19.7 Å². The van der Waals surface area contributed by atoms with Gasteiger partial charge in [-0.1, -0.05) is 91.0 Å². The van der Waals surface area contributed by atoms with Crippen LogP contribution in [0.2, 0.25) is 0 Å². The van der Waals surface area contributed by atoms with Crippen LogP contribution in [0, 0.1) is 10.1 Å². The third-order valence-corrected chi connectivity index (χ3v) is 7.86. The van der Waals surface area contributed by atoms with Gasteiger partial charge in [0.05, 0.1) is 16.2 Å². The molecule has 238 valence electrons. The summed E-state index contributed by atoms with van der Waals surface area (Å²) in [6.07, 6.45) is 1.08. The number of nitro benzene ring substituents is 1. The standard InChI is InChI=1S/C37H33N3O6S/c1-36(2,3)46-33(41)23-31(34(42)45-24-26-19-21-30(22-20-26)40(43)44)32-25-47-35(38-32)39-37(27-13-7-4-8-14-27,28-15-9-5-10-16-28)29-17-11-6-12-18-29/h4-23,25H,24H2,1-3H3,(H,38,39)/b31-23-. The minimum absolute atomic E-state index is 0.0781. The van der Waals surface area contributed by atoms with Crippen LogP contribution in [0.15, 0.2) is 127 Å². The molecule has 0 aliphatic rings. The quantitative estimate of drug-likeness (QED) is 0.0505. The number of thiazole rings is 1. The molecule has 1 aromatic heterocycles. The van der Waals surface area contributed by atoms with Crippen LogP contribution >= 0.6 is 11.3 Å². The molecule has 0 amide bonds. The molecule has 1 N–H and O–H groups in total. The van der Waals surface area contributed by atoms with Crippen LogP contribution in [0.5, 0.6) is 0 Å². The van der Waals surface area contributed by atoms with E-state index in [-0.39, 0.29) is 23.6 Å². The van der Waals surface area contributed by atoms with Crippen LogP contribution < -0.4 is 5.32 Å². The average molecular weight is 648 g/mol. The highest BCUT2D eigenvalue weighted by Gasteiger charge is 2.37. The van der Waals surface area contributed by atoms with Crippen LogP contribution in [0.25, 0.3) is 5.57 Å². The highest BCUT2D eigenvalue weighted by atomic mass is 32.1. The van der Waals surface area contributed by atoms with Crippen molar-refractivity contribution in [3.8, 4) is 0 Å². The molecule has 47 heavy (non-hydrogen) atoms. The number of rotatable bonds is 11. The first kappa shape index (κ1) is 32.8. The van der Waals surface area contributed by atoms with E-state index in [0.717, 1.165) is 22.8 Å². The molecule has 10 heteroatoms. The lowest BCUT2D eigenvalue weighted by atomic mass is 9.77. The molecule has 5 aromatic rings. The Kier molecular flexibility index (Phi) is 9.91. The molecular formula is C37H33N3O6S. The maximum atomic E-state index is 13.5. The second kappa shape index (κ2) is 14.2. The molecule has 0 bridgehead atoms. The Morgan fingerprint density at radius 1 is 0.830 bits per heavy atom. The van der Waals surface area contributed by atoms with Crippen LogP contribution in [-0.4, -0.2) is 27.4 Å². The number of ether oxygens (including phenoxy) is 2. The number of nitrogens with one attached hydrogen (secondary N) is 1. The third kappa shape index (κ3) is 7.98. The van der Waals surface area contributed by atoms with Crippen molar-refractivity contribution >= 4 is 39.7 Å². The van der Waals surface area contributed by atoms with Gasteiger partial charge in [-0.25, -0.2) is 14.6 Å². The van der Waals surface area contributed by atoms with Gasteiger partial charge in [-0.05, 0) is 55.2 Å². The molecule has 0 spiro atoms. The van der Waals surface area contributed by atoms with Crippen molar-refractivity contribution < 1.29 is 24.0 Å². The van der Waals surface area contributed by atoms with Crippen molar-refractivity contribution in [1.82, 2.24) is 4.98 Å². The van der Waals surface area contributed by atoms with Gasteiger partial charge in [0.25, 0.3) is 5.69 Å². The number of esters is 2. The van der Waals surface area contributed by atoms with Gasteiger partial charge < -0.3 is 14.8 Å². The molecule has 1 heterocycles. The molecular weight excluding hydrogens is 614 g/mol. The smallest absolute Gasteiger partial charge is 0.340 e. The number of carbonyl (C=O) groups is 2. The number of anilines is 1. The van der Waals surface area contributed by atoms with E-state index in [1.54, 1.807) is 26.2 Å². The topological polar surface area (TPSA) is 121 Å². The molecule has 0 unspecified atom stereocenters. The van der Waals surface area contributed by atoms with Crippen LogP contribution in [0.4, 0.5) is 10.8 Å². The summed E-state index contributed by atoms with van der Waals surface area (Å²) in [4.78, 5) is 41.7.